The molecule has 0 radical (unpaired) electrons. The number of Topliss-reactive ketones (excluding diaryl/α,β-unsaturated/α-hetero) is 1. The van der Waals surface area contributed by atoms with Crippen molar-refractivity contribution < 1.29 is 9.53 Å². The first-order valence-electron chi connectivity index (χ1n) is 7.46. The molecule has 104 valence electrons. The van der Waals surface area contributed by atoms with E-state index in [-0.39, 0.29) is 5.78 Å². The minimum absolute atomic E-state index is 0.225. The van der Waals surface area contributed by atoms with Crippen LogP contribution in [-0.2, 0) is 6.42 Å². The lowest BCUT2D eigenvalue weighted by molar-refractivity contribution is 0.0977. The highest BCUT2D eigenvalue weighted by Crippen LogP contribution is 2.33. The van der Waals surface area contributed by atoms with E-state index in [1.54, 1.807) is 0 Å². The summed E-state index contributed by atoms with van der Waals surface area (Å²) >= 11 is 0. The first-order valence-corrected chi connectivity index (χ1v) is 7.46. The van der Waals surface area contributed by atoms with Crippen molar-refractivity contribution in [2.24, 2.45) is 0 Å². The Morgan fingerprint density at radius 1 is 1.32 bits per heavy atom. The van der Waals surface area contributed by atoms with Gasteiger partial charge in [0.1, 0.15) is 5.75 Å². The average Bonchev–Trinajstić information content (AvgIpc) is 2.62. The van der Waals surface area contributed by atoms with Gasteiger partial charge in [0.05, 0.1) is 12.2 Å². The lowest BCUT2D eigenvalue weighted by Crippen LogP contribution is -2.07. The molecule has 2 heteroatoms. The summed E-state index contributed by atoms with van der Waals surface area (Å²) in [6, 6.07) is 4.28. The maximum Gasteiger partial charge on any atom is 0.166 e. The number of ketones is 1. The predicted molar refractivity (Wildman–Crippen MR) is 78.2 cm³/mol. The number of benzene rings is 1. The van der Waals surface area contributed by atoms with Gasteiger partial charge in [0.2, 0.25) is 0 Å². The molecule has 0 fully saturated rings. The number of rotatable bonds is 4. The van der Waals surface area contributed by atoms with Crippen LogP contribution in [-0.4, -0.2) is 12.4 Å². The number of hydrogen-bond acceptors (Lipinski definition) is 2. The second kappa shape index (κ2) is 6.23. The minimum atomic E-state index is 0.225. The van der Waals surface area contributed by atoms with E-state index < -0.39 is 0 Å². The molecule has 0 amide bonds. The summed E-state index contributed by atoms with van der Waals surface area (Å²) in [5.41, 5.74) is 3.29. The van der Waals surface area contributed by atoms with Crippen molar-refractivity contribution in [2.75, 3.05) is 6.61 Å². The van der Waals surface area contributed by atoms with Gasteiger partial charge in [-0.1, -0.05) is 26.8 Å². The Kier molecular flexibility index (Phi) is 4.62. The van der Waals surface area contributed by atoms with Crippen molar-refractivity contribution in [3.63, 3.8) is 0 Å². The van der Waals surface area contributed by atoms with E-state index in [1.807, 2.05) is 13.0 Å². The quantitative estimate of drug-likeness (QED) is 0.745. The zero-order valence-corrected chi connectivity index (χ0v) is 12.3. The molecular weight excluding hydrogens is 236 g/mol. The molecule has 0 unspecified atom stereocenters. The third-order valence-corrected chi connectivity index (χ3v) is 3.72. The number of ether oxygens (including phenoxy) is 1. The van der Waals surface area contributed by atoms with Gasteiger partial charge < -0.3 is 4.74 Å². The summed E-state index contributed by atoms with van der Waals surface area (Å²) in [7, 11) is 0. The van der Waals surface area contributed by atoms with E-state index in [0.717, 1.165) is 43.6 Å². The molecule has 0 bridgehead atoms. The second-order valence-electron chi connectivity index (χ2n) is 5.69. The molecule has 19 heavy (non-hydrogen) atoms. The zero-order valence-electron chi connectivity index (χ0n) is 12.3. The van der Waals surface area contributed by atoms with Gasteiger partial charge in [0.15, 0.2) is 5.78 Å². The molecule has 2 nitrogen and oxygen atoms in total. The molecule has 0 atom stereocenters. The molecule has 0 spiro atoms. The molecule has 1 aliphatic rings. The fourth-order valence-electron chi connectivity index (χ4n) is 2.56. The molecule has 2 rings (SSSR count). The van der Waals surface area contributed by atoms with Crippen LogP contribution in [0, 0.1) is 0 Å². The SMILES string of the molecule is CCCC(=O)c1cc(C(C)C)cc2c1OCCCC2. The van der Waals surface area contributed by atoms with Gasteiger partial charge in [-0.05, 0) is 48.8 Å². The lowest BCUT2D eigenvalue weighted by Gasteiger charge is -2.16. The number of carbonyl (C=O) groups is 1. The molecular formula is C17H24O2. The molecule has 0 aliphatic carbocycles. The average molecular weight is 260 g/mol. The first-order chi connectivity index (χ1) is 9.13. The van der Waals surface area contributed by atoms with E-state index in [2.05, 4.69) is 19.9 Å². The largest absolute Gasteiger partial charge is 0.493 e. The molecule has 0 aromatic heterocycles. The third-order valence-electron chi connectivity index (χ3n) is 3.72. The van der Waals surface area contributed by atoms with E-state index >= 15 is 0 Å². The van der Waals surface area contributed by atoms with Crippen molar-refractivity contribution in [1.29, 1.82) is 0 Å². The van der Waals surface area contributed by atoms with Crippen molar-refractivity contribution in [2.45, 2.75) is 58.8 Å². The van der Waals surface area contributed by atoms with Crippen molar-refractivity contribution in [3.05, 3.63) is 28.8 Å². The van der Waals surface area contributed by atoms with Gasteiger partial charge >= 0.3 is 0 Å². The van der Waals surface area contributed by atoms with Crippen LogP contribution in [0.1, 0.15) is 73.9 Å². The molecule has 1 aromatic carbocycles. The first kappa shape index (κ1) is 14.1. The molecule has 1 aliphatic heterocycles. The van der Waals surface area contributed by atoms with Gasteiger partial charge in [-0.15, -0.1) is 0 Å². The monoisotopic (exact) mass is 260 g/mol. The Labute approximate surface area is 116 Å². The van der Waals surface area contributed by atoms with Crippen LogP contribution < -0.4 is 4.74 Å². The topological polar surface area (TPSA) is 26.3 Å². The summed E-state index contributed by atoms with van der Waals surface area (Å²) in [5.74, 6) is 1.53. The highest BCUT2D eigenvalue weighted by molar-refractivity contribution is 5.99. The highest BCUT2D eigenvalue weighted by Gasteiger charge is 2.20. The summed E-state index contributed by atoms with van der Waals surface area (Å²) in [6.07, 6.45) is 4.75. The van der Waals surface area contributed by atoms with Gasteiger partial charge in [0, 0.05) is 6.42 Å². The van der Waals surface area contributed by atoms with Crippen LogP contribution >= 0.6 is 0 Å². The van der Waals surface area contributed by atoms with Crippen LogP contribution in [0.3, 0.4) is 0 Å². The number of carbonyl (C=O) groups excluding carboxylic acids is 1. The normalized spacial score (nSPS) is 14.7. The van der Waals surface area contributed by atoms with Crippen LogP contribution in [0.25, 0.3) is 0 Å². The number of fused-ring (bicyclic) bond motifs is 1. The highest BCUT2D eigenvalue weighted by atomic mass is 16.5. The Bertz CT molecular complexity index is 461. The van der Waals surface area contributed by atoms with E-state index in [9.17, 15) is 4.79 Å². The zero-order chi connectivity index (χ0) is 13.8. The van der Waals surface area contributed by atoms with Gasteiger partial charge in [-0.3, -0.25) is 4.79 Å². The van der Waals surface area contributed by atoms with E-state index in [0.29, 0.717) is 12.3 Å². The van der Waals surface area contributed by atoms with Gasteiger partial charge in [0.25, 0.3) is 0 Å². The molecule has 0 saturated carbocycles. The van der Waals surface area contributed by atoms with Crippen molar-refractivity contribution >= 4 is 5.78 Å². The van der Waals surface area contributed by atoms with Gasteiger partial charge in [-0.25, -0.2) is 0 Å². The lowest BCUT2D eigenvalue weighted by atomic mass is 9.92. The molecule has 1 heterocycles. The van der Waals surface area contributed by atoms with Crippen LogP contribution in [0.15, 0.2) is 12.1 Å². The molecule has 1 aromatic rings. The molecule has 0 N–H and O–H groups in total. The van der Waals surface area contributed by atoms with E-state index in [1.165, 1.54) is 11.1 Å². The van der Waals surface area contributed by atoms with E-state index in [4.69, 9.17) is 4.74 Å². The van der Waals surface area contributed by atoms with Crippen LogP contribution in [0.2, 0.25) is 0 Å². The fourth-order valence-corrected chi connectivity index (χ4v) is 2.56. The fraction of sp³-hybridized carbons (Fsp3) is 0.588. The number of aryl methyl sites for hydroxylation is 1. The minimum Gasteiger partial charge on any atom is -0.493 e. The summed E-state index contributed by atoms with van der Waals surface area (Å²) in [5, 5.41) is 0. The predicted octanol–water partition coefficient (Wildman–Crippen LogP) is 4.51. The third kappa shape index (κ3) is 3.17. The standard InChI is InChI=1S/C17H24O2/c1-4-7-16(18)15-11-14(12(2)3)10-13-8-5-6-9-19-17(13)15/h10-12H,4-9H2,1-3H3. The molecule has 0 saturated heterocycles. The van der Waals surface area contributed by atoms with Gasteiger partial charge in [-0.2, -0.15) is 0 Å². The van der Waals surface area contributed by atoms with Crippen molar-refractivity contribution in [3.8, 4) is 5.75 Å². The maximum atomic E-state index is 12.3. The van der Waals surface area contributed by atoms with Crippen LogP contribution in [0.5, 0.6) is 5.75 Å². The second-order valence-corrected chi connectivity index (χ2v) is 5.69. The van der Waals surface area contributed by atoms with Crippen molar-refractivity contribution in [1.82, 2.24) is 0 Å². The summed E-state index contributed by atoms with van der Waals surface area (Å²) in [4.78, 5) is 12.3. The Morgan fingerprint density at radius 3 is 2.79 bits per heavy atom. The Balaban J connectivity index is 2.48. The summed E-state index contributed by atoms with van der Waals surface area (Å²) < 4.78 is 5.86. The summed E-state index contributed by atoms with van der Waals surface area (Å²) in [6.45, 7) is 7.13. The Morgan fingerprint density at radius 2 is 2.11 bits per heavy atom. The maximum absolute atomic E-state index is 12.3. The number of hydrogen-bond donors (Lipinski definition) is 0. The van der Waals surface area contributed by atoms with Crippen LogP contribution in [0.4, 0.5) is 0 Å². The Hall–Kier alpha value is -1.31. The smallest absolute Gasteiger partial charge is 0.166 e.